The van der Waals surface area contributed by atoms with E-state index in [1.54, 1.807) is 25.1 Å². The summed E-state index contributed by atoms with van der Waals surface area (Å²) in [4.78, 5) is 12.7. The van der Waals surface area contributed by atoms with Gasteiger partial charge in [-0.3, -0.25) is 9.52 Å². The standard InChI is InChI=1S/C23H30N2O3S2/c1-16-7-6-10-21(18(16)3)25-30(27,28)22-15-19(12-11-17(22)2)23(26)24-13-14-29-20-8-4-5-9-20/h6-7,10-12,15,20,25H,4-5,8-9,13-14H2,1-3H3,(H,24,26). The van der Waals surface area contributed by atoms with Crippen molar-refractivity contribution in [3.63, 3.8) is 0 Å². The summed E-state index contributed by atoms with van der Waals surface area (Å²) in [6.07, 6.45) is 5.15. The van der Waals surface area contributed by atoms with Gasteiger partial charge in [0.15, 0.2) is 0 Å². The molecular weight excluding hydrogens is 416 g/mol. The molecule has 0 spiro atoms. The smallest absolute Gasteiger partial charge is 0.262 e. The zero-order valence-corrected chi connectivity index (χ0v) is 19.5. The molecule has 0 radical (unpaired) electrons. The number of thioether (sulfide) groups is 1. The minimum atomic E-state index is -3.81. The zero-order chi connectivity index (χ0) is 21.7. The van der Waals surface area contributed by atoms with Gasteiger partial charge in [0.1, 0.15) is 0 Å². The number of nitrogens with one attached hydrogen (secondary N) is 2. The second kappa shape index (κ2) is 9.88. The number of aryl methyl sites for hydroxylation is 2. The molecule has 30 heavy (non-hydrogen) atoms. The molecule has 162 valence electrons. The van der Waals surface area contributed by atoms with Crippen LogP contribution in [0, 0.1) is 20.8 Å². The lowest BCUT2D eigenvalue weighted by atomic mass is 10.1. The van der Waals surface area contributed by atoms with Gasteiger partial charge >= 0.3 is 0 Å². The molecule has 0 aromatic heterocycles. The Hall–Kier alpha value is -1.99. The van der Waals surface area contributed by atoms with Crippen LogP contribution in [0.4, 0.5) is 5.69 Å². The fourth-order valence-electron chi connectivity index (χ4n) is 3.64. The number of benzene rings is 2. The first-order valence-corrected chi connectivity index (χ1v) is 12.9. The lowest BCUT2D eigenvalue weighted by molar-refractivity contribution is 0.0956. The van der Waals surface area contributed by atoms with Gasteiger partial charge in [0, 0.05) is 23.1 Å². The number of amides is 1. The zero-order valence-electron chi connectivity index (χ0n) is 17.8. The lowest BCUT2D eigenvalue weighted by Gasteiger charge is -2.15. The monoisotopic (exact) mass is 446 g/mol. The van der Waals surface area contributed by atoms with Crippen LogP contribution in [-0.4, -0.2) is 31.9 Å². The first kappa shape index (κ1) is 22.7. The number of carbonyl (C=O) groups excluding carboxylic acids is 1. The van der Waals surface area contributed by atoms with Crippen molar-refractivity contribution in [2.24, 2.45) is 0 Å². The topological polar surface area (TPSA) is 75.3 Å². The fourth-order valence-corrected chi connectivity index (χ4v) is 6.25. The van der Waals surface area contributed by atoms with Gasteiger partial charge in [0.05, 0.1) is 10.6 Å². The van der Waals surface area contributed by atoms with E-state index in [0.717, 1.165) is 16.9 Å². The van der Waals surface area contributed by atoms with Crippen molar-refractivity contribution >= 4 is 33.4 Å². The van der Waals surface area contributed by atoms with Crippen molar-refractivity contribution in [3.05, 3.63) is 58.7 Å². The maximum Gasteiger partial charge on any atom is 0.262 e. The Morgan fingerprint density at radius 2 is 1.80 bits per heavy atom. The Labute approximate surface area is 184 Å². The van der Waals surface area contributed by atoms with E-state index in [0.29, 0.717) is 28.6 Å². The molecule has 0 bridgehead atoms. The van der Waals surface area contributed by atoms with E-state index < -0.39 is 10.0 Å². The van der Waals surface area contributed by atoms with Crippen molar-refractivity contribution in [2.75, 3.05) is 17.0 Å². The van der Waals surface area contributed by atoms with Gasteiger partial charge in [-0.2, -0.15) is 11.8 Å². The van der Waals surface area contributed by atoms with E-state index in [9.17, 15) is 13.2 Å². The van der Waals surface area contributed by atoms with Gasteiger partial charge in [-0.15, -0.1) is 0 Å². The molecule has 0 unspecified atom stereocenters. The Kier molecular flexibility index (Phi) is 7.47. The summed E-state index contributed by atoms with van der Waals surface area (Å²) in [5, 5.41) is 3.63. The molecule has 1 fully saturated rings. The highest BCUT2D eigenvalue weighted by molar-refractivity contribution is 7.99. The third-order valence-corrected chi connectivity index (χ3v) is 8.52. The van der Waals surface area contributed by atoms with Crippen molar-refractivity contribution in [3.8, 4) is 0 Å². The molecule has 1 aliphatic carbocycles. The third-order valence-electron chi connectivity index (χ3n) is 5.63. The minimum absolute atomic E-state index is 0.122. The average molecular weight is 447 g/mol. The molecule has 2 aromatic rings. The highest BCUT2D eigenvalue weighted by Crippen LogP contribution is 2.29. The van der Waals surface area contributed by atoms with Crippen LogP contribution < -0.4 is 10.0 Å². The van der Waals surface area contributed by atoms with Crippen LogP contribution in [0.3, 0.4) is 0 Å². The molecule has 0 heterocycles. The Morgan fingerprint density at radius 3 is 2.53 bits per heavy atom. The van der Waals surface area contributed by atoms with Crippen LogP contribution in [0.15, 0.2) is 41.3 Å². The first-order chi connectivity index (χ1) is 14.3. The summed E-state index contributed by atoms with van der Waals surface area (Å²) < 4.78 is 28.7. The number of anilines is 1. The second-order valence-corrected chi connectivity index (χ2v) is 10.9. The summed E-state index contributed by atoms with van der Waals surface area (Å²) in [6, 6.07) is 10.3. The van der Waals surface area contributed by atoms with Crippen molar-refractivity contribution in [2.45, 2.75) is 56.6 Å². The van der Waals surface area contributed by atoms with Gasteiger partial charge in [-0.05, 0) is 68.5 Å². The molecule has 2 aromatic carbocycles. The van der Waals surface area contributed by atoms with E-state index in [4.69, 9.17) is 0 Å². The maximum absolute atomic E-state index is 13.0. The molecule has 5 nitrogen and oxygen atoms in total. The molecule has 3 rings (SSSR count). The van der Waals surface area contributed by atoms with Crippen LogP contribution in [0.5, 0.6) is 0 Å². The van der Waals surface area contributed by atoms with Gasteiger partial charge in [-0.1, -0.05) is 31.0 Å². The van der Waals surface area contributed by atoms with E-state index in [1.165, 1.54) is 31.7 Å². The quantitative estimate of drug-likeness (QED) is 0.570. The Bertz CT molecular complexity index is 1010. The van der Waals surface area contributed by atoms with Crippen LogP contribution in [0.2, 0.25) is 0 Å². The first-order valence-electron chi connectivity index (χ1n) is 10.4. The normalized spacial score (nSPS) is 14.6. The number of sulfonamides is 1. The number of carbonyl (C=O) groups is 1. The van der Waals surface area contributed by atoms with E-state index in [1.807, 2.05) is 37.7 Å². The number of rotatable bonds is 8. The van der Waals surface area contributed by atoms with Crippen LogP contribution in [0.1, 0.15) is 52.7 Å². The minimum Gasteiger partial charge on any atom is -0.351 e. The van der Waals surface area contributed by atoms with Gasteiger partial charge in [0.25, 0.3) is 15.9 Å². The molecule has 7 heteroatoms. The summed E-state index contributed by atoms with van der Waals surface area (Å²) in [7, 11) is -3.81. The SMILES string of the molecule is Cc1ccc(C(=O)NCCSC2CCCC2)cc1S(=O)(=O)Nc1cccc(C)c1C. The molecule has 1 saturated carbocycles. The highest BCUT2D eigenvalue weighted by Gasteiger charge is 2.20. The summed E-state index contributed by atoms with van der Waals surface area (Å²) in [6.45, 7) is 6.14. The van der Waals surface area contributed by atoms with Crippen molar-refractivity contribution in [1.82, 2.24) is 5.32 Å². The molecule has 1 amide bonds. The predicted molar refractivity (Wildman–Crippen MR) is 125 cm³/mol. The van der Waals surface area contributed by atoms with Gasteiger partial charge in [0.2, 0.25) is 0 Å². The van der Waals surface area contributed by atoms with Gasteiger partial charge in [-0.25, -0.2) is 8.42 Å². The average Bonchev–Trinajstić information content (AvgIpc) is 3.22. The lowest BCUT2D eigenvalue weighted by Crippen LogP contribution is -2.26. The molecule has 0 aliphatic heterocycles. The fraction of sp³-hybridized carbons (Fsp3) is 0.435. The molecule has 0 saturated heterocycles. The number of hydrogen-bond acceptors (Lipinski definition) is 4. The molecule has 0 atom stereocenters. The number of hydrogen-bond donors (Lipinski definition) is 2. The van der Waals surface area contributed by atoms with Crippen LogP contribution in [-0.2, 0) is 10.0 Å². The molecular formula is C23H30N2O3S2. The summed E-state index contributed by atoms with van der Waals surface area (Å²) >= 11 is 1.91. The summed E-state index contributed by atoms with van der Waals surface area (Å²) in [5.41, 5.74) is 3.39. The third kappa shape index (κ3) is 5.58. The Balaban J connectivity index is 1.68. The van der Waals surface area contributed by atoms with Crippen LogP contribution in [0.25, 0.3) is 0 Å². The second-order valence-electron chi connectivity index (χ2n) is 7.87. The highest BCUT2D eigenvalue weighted by atomic mass is 32.2. The summed E-state index contributed by atoms with van der Waals surface area (Å²) in [5.74, 6) is 0.631. The van der Waals surface area contributed by atoms with Crippen LogP contribution >= 0.6 is 11.8 Å². The van der Waals surface area contributed by atoms with E-state index in [-0.39, 0.29) is 10.8 Å². The maximum atomic E-state index is 13.0. The van der Waals surface area contributed by atoms with Crippen molar-refractivity contribution < 1.29 is 13.2 Å². The largest absolute Gasteiger partial charge is 0.351 e. The van der Waals surface area contributed by atoms with Gasteiger partial charge < -0.3 is 5.32 Å². The van der Waals surface area contributed by atoms with E-state index >= 15 is 0 Å². The predicted octanol–water partition coefficient (Wildman–Crippen LogP) is 4.82. The Morgan fingerprint density at radius 1 is 1.07 bits per heavy atom. The van der Waals surface area contributed by atoms with Crippen molar-refractivity contribution in [1.29, 1.82) is 0 Å². The molecule has 2 N–H and O–H groups in total. The van der Waals surface area contributed by atoms with E-state index in [2.05, 4.69) is 10.0 Å². The molecule has 1 aliphatic rings.